The van der Waals surface area contributed by atoms with Crippen LogP contribution in [0.5, 0.6) is 11.5 Å². The third-order valence-corrected chi connectivity index (χ3v) is 4.19. The average molecular weight is 362 g/mol. The summed E-state index contributed by atoms with van der Waals surface area (Å²) in [5, 5.41) is 3.51. The number of anilines is 1. The Morgan fingerprint density at radius 1 is 1.12 bits per heavy atom. The number of rotatable bonds is 8. The molecule has 0 fully saturated rings. The molecular formula is C20H24ClNO3. The largest absolute Gasteiger partial charge is 0.490 e. The third-order valence-electron chi connectivity index (χ3n) is 3.78. The van der Waals surface area contributed by atoms with Crippen LogP contribution in [0.3, 0.4) is 0 Å². The van der Waals surface area contributed by atoms with E-state index >= 15 is 0 Å². The van der Waals surface area contributed by atoms with Crippen molar-refractivity contribution in [1.82, 2.24) is 0 Å². The number of benzene rings is 2. The molecule has 2 aromatic rings. The minimum atomic E-state index is -0.216. The highest BCUT2D eigenvalue weighted by molar-refractivity contribution is 6.31. The van der Waals surface area contributed by atoms with Crippen molar-refractivity contribution in [2.75, 3.05) is 18.5 Å². The van der Waals surface area contributed by atoms with E-state index in [0.29, 0.717) is 41.0 Å². The Bertz CT molecular complexity index is 731. The molecule has 0 spiro atoms. The first-order chi connectivity index (χ1) is 12.1. The van der Waals surface area contributed by atoms with E-state index in [-0.39, 0.29) is 5.91 Å². The van der Waals surface area contributed by atoms with E-state index in [0.717, 1.165) is 18.4 Å². The first-order valence-electron chi connectivity index (χ1n) is 8.52. The Kier molecular flexibility index (Phi) is 7.14. The van der Waals surface area contributed by atoms with Crippen molar-refractivity contribution >= 4 is 23.2 Å². The summed E-state index contributed by atoms with van der Waals surface area (Å²) in [6.45, 7) is 7.01. The van der Waals surface area contributed by atoms with E-state index in [2.05, 4.69) is 12.2 Å². The second-order valence-corrected chi connectivity index (χ2v) is 6.07. The second-order valence-electron chi connectivity index (χ2n) is 5.66. The number of ether oxygens (including phenoxy) is 2. The normalized spacial score (nSPS) is 10.4. The molecular weight excluding hydrogens is 338 g/mol. The lowest BCUT2D eigenvalue weighted by Gasteiger charge is -2.14. The molecule has 1 N–H and O–H groups in total. The topological polar surface area (TPSA) is 47.6 Å². The van der Waals surface area contributed by atoms with E-state index in [9.17, 15) is 4.79 Å². The number of hydrogen-bond acceptors (Lipinski definition) is 3. The van der Waals surface area contributed by atoms with Gasteiger partial charge in [0.2, 0.25) is 0 Å². The van der Waals surface area contributed by atoms with Gasteiger partial charge in [0, 0.05) is 16.3 Å². The molecule has 0 saturated carbocycles. The van der Waals surface area contributed by atoms with Gasteiger partial charge in [0.05, 0.1) is 13.2 Å². The number of nitrogens with one attached hydrogen (secondary N) is 1. The lowest BCUT2D eigenvalue weighted by atomic mass is 10.1. The Balaban J connectivity index is 2.18. The number of unbranched alkanes of at least 4 members (excludes halogenated alkanes) is 1. The van der Waals surface area contributed by atoms with Crippen LogP contribution in [0.2, 0.25) is 5.02 Å². The van der Waals surface area contributed by atoms with Gasteiger partial charge < -0.3 is 14.8 Å². The van der Waals surface area contributed by atoms with E-state index in [1.165, 1.54) is 0 Å². The van der Waals surface area contributed by atoms with Crippen LogP contribution < -0.4 is 14.8 Å². The van der Waals surface area contributed by atoms with Gasteiger partial charge >= 0.3 is 0 Å². The molecule has 0 aliphatic rings. The van der Waals surface area contributed by atoms with Crippen LogP contribution in [0.25, 0.3) is 0 Å². The highest BCUT2D eigenvalue weighted by Crippen LogP contribution is 2.30. The van der Waals surface area contributed by atoms with Crippen molar-refractivity contribution in [3.8, 4) is 11.5 Å². The summed E-state index contributed by atoms with van der Waals surface area (Å²) in [5.41, 5.74) is 2.03. The van der Waals surface area contributed by atoms with Gasteiger partial charge in [-0.05, 0) is 56.2 Å². The fourth-order valence-corrected chi connectivity index (χ4v) is 2.48. The molecule has 4 nitrogen and oxygen atoms in total. The van der Waals surface area contributed by atoms with Crippen LogP contribution in [0.4, 0.5) is 5.69 Å². The monoisotopic (exact) mass is 361 g/mol. The molecule has 0 aliphatic carbocycles. The van der Waals surface area contributed by atoms with Gasteiger partial charge in [-0.2, -0.15) is 0 Å². The summed E-state index contributed by atoms with van der Waals surface area (Å²) >= 11 is 6.10. The van der Waals surface area contributed by atoms with Gasteiger partial charge in [0.25, 0.3) is 5.91 Å². The molecule has 134 valence electrons. The quantitative estimate of drug-likeness (QED) is 0.633. The number of carbonyl (C=O) groups is 1. The molecule has 2 rings (SSSR count). The Morgan fingerprint density at radius 2 is 1.92 bits per heavy atom. The summed E-state index contributed by atoms with van der Waals surface area (Å²) in [5.74, 6) is 1.02. The average Bonchev–Trinajstić information content (AvgIpc) is 2.60. The zero-order valence-corrected chi connectivity index (χ0v) is 15.7. The van der Waals surface area contributed by atoms with Crippen LogP contribution in [-0.2, 0) is 0 Å². The summed E-state index contributed by atoms with van der Waals surface area (Å²) in [7, 11) is 0. The minimum Gasteiger partial charge on any atom is -0.490 e. The molecule has 25 heavy (non-hydrogen) atoms. The highest BCUT2D eigenvalue weighted by atomic mass is 35.5. The maximum atomic E-state index is 12.6. The Labute approximate surface area is 154 Å². The molecule has 0 unspecified atom stereocenters. The third kappa shape index (κ3) is 5.13. The summed E-state index contributed by atoms with van der Waals surface area (Å²) in [6, 6.07) is 10.6. The van der Waals surface area contributed by atoms with Gasteiger partial charge in [-0.3, -0.25) is 4.79 Å². The number of halogens is 1. The van der Waals surface area contributed by atoms with Gasteiger partial charge in [0.15, 0.2) is 11.5 Å². The van der Waals surface area contributed by atoms with Gasteiger partial charge in [-0.15, -0.1) is 0 Å². The molecule has 0 heterocycles. The van der Waals surface area contributed by atoms with E-state index in [1.807, 2.05) is 19.9 Å². The smallest absolute Gasteiger partial charge is 0.255 e. The van der Waals surface area contributed by atoms with Gasteiger partial charge in [0.1, 0.15) is 0 Å². The molecule has 0 bridgehead atoms. The van der Waals surface area contributed by atoms with Crippen LogP contribution in [-0.4, -0.2) is 19.1 Å². The lowest BCUT2D eigenvalue weighted by Crippen LogP contribution is -2.13. The van der Waals surface area contributed by atoms with E-state index in [1.54, 1.807) is 30.3 Å². The van der Waals surface area contributed by atoms with Crippen LogP contribution >= 0.6 is 11.6 Å². The predicted octanol–water partition coefficient (Wildman–Crippen LogP) is 5.48. The first-order valence-corrected chi connectivity index (χ1v) is 8.90. The summed E-state index contributed by atoms with van der Waals surface area (Å²) in [6.07, 6.45) is 2.03. The molecule has 0 aliphatic heterocycles. The Morgan fingerprint density at radius 3 is 2.64 bits per heavy atom. The zero-order chi connectivity index (χ0) is 18.2. The summed E-state index contributed by atoms with van der Waals surface area (Å²) in [4.78, 5) is 12.6. The molecule has 0 saturated heterocycles. The number of amides is 1. The van der Waals surface area contributed by atoms with Gasteiger partial charge in [-0.1, -0.05) is 31.0 Å². The van der Waals surface area contributed by atoms with Crippen LogP contribution in [0.15, 0.2) is 36.4 Å². The maximum absolute atomic E-state index is 12.6. The van der Waals surface area contributed by atoms with Crippen LogP contribution in [0, 0.1) is 6.92 Å². The predicted molar refractivity (Wildman–Crippen MR) is 102 cm³/mol. The molecule has 2 aromatic carbocycles. The number of carbonyl (C=O) groups excluding carboxylic acids is 1. The lowest BCUT2D eigenvalue weighted by molar-refractivity contribution is 0.102. The number of hydrogen-bond donors (Lipinski definition) is 1. The van der Waals surface area contributed by atoms with Crippen molar-refractivity contribution < 1.29 is 14.3 Å². The first kappa shape index (κ1) is 19.1. The van der Waals surface area contributed by atoms with E-state index in [4.69, 9.17) is 21.1 Å². The zero-order valence-electron chi connectivity index (χ0n) is 14.9. The molecule has 5 heteroatoms. The highest BCUT2D eigenvalue weighted by Gasteiger charge is 2.13. The van der Waals surface area contributed by atoms with E-state index < -0.39 is 0 Å². The molecule has 0 radical (unpaired) electrons. The van der Waals surface area contributed by atoms with Crippen molar-refractivity contribution in [3.05, 3.63) is 52.5 Å². The molecule has 0 atom stereocenters. The fourth-order valence-electron chi connectivity index (χ4n) is 2.30. The maximum Gasteiger partial charge on any atom is 0.255 e. The van der Waals surface area contributed by atoms with Crippen LogP contribution in [0.1, 0.15) is 42.6 Å². The summed E-state index contributed by atoms with van der Waals surface area (Å²) < 4.78 is 11.4. The SMILES string of the molecule is CCCCOc1ccc(C(=O)Nc2cccc(Cl)c2C)cc1OCC. The van der Waals surface area contributed by atoms with Crippen molar-refractivity contribution in [3.63, 3.8) is 0 Å². The Hall–Kier alpha value is -2.20. The van der Waals surface area contributed by atoms with Gasteiger partial charge in [-0.25, -0.2) is 0 Å². The van der Waals surface area contributed by atoms with Crippen molar-refractivity contribution in [2.24, 2.45) is 0 Å². The van der Waals surface area contributed by atoms with Crippen molar-refractivity contribution in [1.29, 1.82) is 0 Å². The van der Waals surface area contributed by atoms with Crippen molar-refractivity contribution in [2.45, 2.75) is 33.6 Å². The fraction of sp³-hybridized carbons (Fsp3) is 0.350. The second kappa shape index (κ2) is 9.33. The molecule has 1 amide bonds. The molecule has 0 aromatic heterocycles. The standard InChI is InChI=1S/C20H24ClNO3/c1-4-6-12-25-18-11-10-15(13-19(18)24-5-2)20(23)22-17-9-7-8-16(21)14(17)3/h7-11,13H,4-6,12H2,1-3H3,(H,22,23). The minimum absolute atomic E-state index is 0.216.